The predicted octanol–water partition coefficient (Wildman–Crippen LogP) is 3.13. The Balaban J connectivity index is 2.30. The minimum atomic E-state index is 0.819. The zero-order chi connectivity index (χ0) is 12.5. The van der Waals surface area contributed by atoms with Crippen molar-refractivity contribution in [1.82, 2.24) is 4.98 Å². The molecule has 3 nitrogen and oxygen atoms in total. The summed E-state index contributed by atoms with van der Waals surface area (Å²) in [6, 6.07) is 6.08. The number of ether oxygens (including phenoxy) is 2. The molecular formula is C15H17NO2. The van der Waals surface area contributed by atoms with Crippen molar-refractivity contribution in [1.29, 1.82) is 0 Å². The number of aromatic nitrogens is 1. The van der Waals surface area contributed by atoms with Crippen molar-refractivity contribution in [2.24, 2.45) is 0 Å². The zero-order valence-electron chi connectivity index (χ0n) is 10.8. The van der Waals surface area contributed by atoms with Crippen LogP contribution in [0.3, 0.4) is 0 Å². The first kappa shape index (κ1) is 11.3. The number of pyridine rings is 1. The molecule has 94 valence electrons. The fourth-order valence-corrected chi connectivity index (χ4v) is 2.67. The van der Waals surface area contributed by atoms with E-state index in [2.05, 4.69) is 6.07 Å². The number of rotatable bonds is 2. The Labute approximate surface area is 107 Å². The minimum Gasteiger partial charge on any atom is -0.496 e. The lowest BCUT2D eigenvalue weighted by molar-refractivity contribution is 0.409. The van der Waals surface area contributed by atoms with Crippen LogP contribution < -0.4 is 9.47 Å². The first-order valence-electron chi connectivity index (χ1n) is 6.37. The third-order valence-electron chi connectivity index (χ3n) is 3.63. The van der Waals surface area contributed by atoms with E-state index in [1.54, 1.807) is 14.2 Å². The molecule has 18 heavy (non-hydrogen) atoms. The molecule has 0 radical (unpaired) electrons. The van der Waals surface area contributed by atoms with Crippen LogP contribution in [0.15, 0.2) is 18.2 Å². The summed E-state index contributed by atoms with van der Waals surface area (Å²) in [5.41, 5.74) is 3.50. The summed E-state index contributed by atoms with van der Waals surface area (Å²) in [6.45, 7) is 0. The van der Waals surface area contributed by atoms with Gasteiger partial charge in [0, 0.05) is 11.1 Å². The van der Waals surface area contributed by atoms with Crippen LogP contribution in [0.2, 0.25) is 0 Å². The molecular weight excluding hydrogens is 226 g/mol. The van der Waals surface area contributed by atoms with Crippen molar-refractivity contribution in [3.05, 3.63) is 29.5 Å². The van der Waals surface area contributed by atoms with Crippen LogP contribution in [-0.4, -0.2) is 19.2 Å². The Morgan fingerprint density at radius 1 is 1.00 bits per heavy atom. The molecule has 0 fully saturated rings. The second kappa shape index (κ2) is 4.48. The average Bonchev–Trinajstić information content (AvgIpc) is 2.44. The van der Waals surface area contributed by atoms with Crippen molar-refractivity contribution in [2.75, 3.05) is 14.2 Å². The number of benzene rings is 1. The number of nitrogens with zero attached hydrogens (tertiary/aromatic N) is 1. The molecule has 1 aromatic heterocycles. The molecule has 3 heteroatoms. The van der Waals surface area contributed by atoms with E-state index in [1.165, 1.54) is 24.1 Å². The van der Waals surface area contributed by atoms with Gasteiger partial charge in [0.25, 0.3) is 0 Å². The van der Waals surface area contributed by atoms with Crippen LogP contribution in [0, 0.1) is 0 Å². The number of hydrogen-bond acceptors (Lipinski definition) is 3. The van der Waals surface area contributed by atoms with Crippen molar-refractivity contribution in [3.63, 3.8) is 0 Å². The summed E-state index contributed by atoms with van der Waals surface area (Å²) in [6.07, 6.45) is 4.69. The largest absolute Gasteiger partial charge is 0.496 e. The third kappa shape index (κ3) is 1.70. The number of methoxy groups -OCH3 is 2. The minimum absolute atomic E-state index is 0.819. The maximum Gasteiger partial charge on any atom is 0.145 e. The van der Waals surface area contributed by atoms with Gasteiger partial charge in [-0.15, -0.1) is 0 Å². The van der Waals surface area contributed by atoms with Gasteiger partial charge >= 0.3 is 0 Å². The van der Waals surface area contributed by atoms with Crippen molar-refractivity contribution >= 4 is 10.9 Å². The summed E-state index contributed by atoms with van der Waals surface area (Å²) in [7, 11) is 3.38. The van der Waals surface area contributed by atoms with Crippen LogP contribution in [0.1, 0.15) is 24.1 Å². The molecule has 0 saturated carbocycles. The van der Waals surface area contributed by atoms with E-state index in [0.29, 0.717) is 0 Å². The van der Waals surface area contributed by atoms with Crippen LogP contribution >= 0.6 is 0 Å². The van der Waals surface area contributed by atoms with E-state index in [1.807, 2.05) is 12.1 Å². The van der Waals surface area contributed by atoms with Gasteiger partial charge in [0.15, 0.2) is 0 Å². The van der Waals surface area contributed by atoms with Crippen LogP contribution in [0.25, 0.3) is 10.9 Å². The Bertz CT molecular complexity index is 540. The highest BCUT2D eigenvalue weighted by atomic mass is 16.5. The van der Waals surface area contributed by atoms with Gasteiger partial charge < -0.3 is 9.47 Å². The van der Waals surface area contributed by atoms with Crippen molar-refractivity contribution < 1.29 is 9.47 Å². The summed E-state index contributed by atoms with van der Waals surface area (Å²) in [4.78, 5) is 4.79. The van der Waals surface area contributed by atoms with Crippen LogP contribution in [-0.2, 0) is 12.8 Å². The monoisotopic (exact) mass is 243 g/mol. The molecule has 0 unspecified atom stereocenters. The molecule has 1 heterocycles. The fourth-order valence-electron chi connectivity index (χ4n) is 2.67. The van der Waals surface area contributed by atoms with Gasteiger partial charge in [-0.3, -0.25) is 0 Å². The van der Waals surface area contributed by atoms with E-state index in [0.717, 1.165) is 35.2 Å². The summed E-state index contributed by atoms with van der Waals surface area (Å²) in [5, 5.41) is 1.05. The van der Waals surface area contributed by atoms with E-state index >= 15 is 0 Å². The molecule has 1 aromatic carbocycles. The van der Waals surface area contributed by atoms with Gasteiger partial charge in [-0.25, -0.2) is 4.98 Å². The zero-order valence-corrected chi connectivity index (χ0v) is 10.8. The van der Waals surface area contributed by atoms with Crippen LogP contribution in [0.4, 0.5) is 0 Å². The molecule has 0 bridgehead atoms. The Morgan fingerprint density at radius 3 is 2.50 bits per heavy atom. The lowest BCUT2D eigenvalue weighted by Gasteiger charge is -2.17. The van der Waals surface area contributed by atoms with E-state index in [-0.39, 0.29) is 0 Å². The normalized spacial score (nSPS) is 14.3. The van der Waals surface area contributed by atoms with Gasteiger partial charge in [-0.05, 0) is 49.4 Å². The first-order valence-corrected chi connectivity index (χ1v) is 6.37. The highest BCUT2D eigenvalue weighted by molar-refractivity contribution is 5.90. The molecule has 1 aliphatic carbocycles. The highest BCUT2D eigenvalue weighted by Crippen LogP contribution is 2.34. The number of fused-ring (bicyclic) bond motifs is 2. The summed E-state index contributed by atoms with van der Waals surface area (Å²) < 4.78 is 10.8. The summed E-state index contributed by atoms with van der Waals surface area (Å²) in [5.74, 6) is 1.69. The Hall–Kier alpha value is -1.77. The standard InChI is InChI=1S/C15H17NO2/c1-17-13-7-8-14(18-2)15-11(13)9-10-5-3-4-6-12(10)16-15/h7-9H,3-6H2,1-2H3. The first-order chi connectivity index (χ1) is 8.83. The lowest BCUT2D eigenvalue weighted by Crippen LogP contribution is -2.06. The van der Waals surface area contributed by atoms with Crippen LogP contribution in [0.5, 0.6) is 11.5 Å². The van der Waals surface area contributed by atoms with Gasteiger partial charge in [0.2, 0.25) is 0 Å². The maximum atomic E-state index is 5.42. The molecule has 0 aliphatic heterocycles. The topological polar surface area (TPSA) is 31.4 Å². The molecule has 0 spiro atoms. The van der Waals surface area contributed by atoms with Gasteiger partial charge in [0.1, 0.15) is 17.0 Å². The molecule has 2 aromatic rings. The number of aryl methyl sites for hydroxylation is 2. The molecule has 0 saturated heterocycles. The SMILES string of the molecule is COc1ccc(OC)c2nc3c(cc12)CCCC3. The average molecular weight is 243 g/mol. The predicted molar refractivity (Wildman–Crippen MR) is 71.5 cm³/mol. The molecule has 3 rings (SSSR count). The quantitative estimate of drug-likeness (QED) is 0.812. The summed E-state index contributed by atoms with van der Waals surface area (Å²) >= 11 is 0. The van der Waals surface area contributed by atoms with Gasteiger partial charge in [-0.1, -0.05) is 0 Å². The molecule has 0 amide bonds. The van der Waals surface area contributed by atoms with Crippen molar-refractivity contribution in [2.45, 2.75) is 25.7 Å². The van der Waals surface area contributed by atoms with E-state index < -0.39 is 0 Å². The Morgan fingerprint density at radius 2 is 1.72 bits per heavy atom. The molecule has 0 N–H and O–H groups in total. The highest BCUT2D eigenvalue weighted by Gasteiger charge is 2.16. The van der Waals surface area contributed by atoms with Gasteiger partial charge in [-0.2, -0.15) is 0 Å². The van der Waals surface area contributed by atoms with Crippen molar-refractivity contribution in [3.8, 4) is 11.5 Å². The fraction of sp³-hybridized carbons (Fsp3) is 0.400. The van der Waals surface area contributed by atoms with E-state index in [9.17, 15) is 0 Å². The Kier molecular flexibility index (Phi) is 2.82. The number of hydrogen-bond donors (Lipinski definition) is 0. The lowest BCUT2D eigenvalue weighted by atomic mass is 9.94. The molecule has 1 aliphatic rings. The molecule has 0 atom stereocenters. The second-order valence-corrected chi connectivity index (χ2v) is 4.67. The van der Waals surface area contributed by atoms with E-state index in [4.69, 9.17) is 14.5 Å². The smallest absolute Gasteiger partial charge is 0.145 e. The third-order valence-corrected chi connectivity index (χ3v) is 3.63. The van der Waals surface area contributed by atoms with Gasteiger partial charge in [0.05, 0.1) is 14.2 Å². The maximum absolute atomic E-state index is 5.42. The second-order valence-electron chi connectivity index (χ2n) is 4.67.